The predicted octanol–water partition coefficient (Wildman–Crippen LogP) is 4.69. The van der Waals surface area contributed by atoms with Crippen LogP contribution in [0.2, 0.25) is 0 Å². The number of hydrogen-bond acceptors (Lipinski definition) is 0. The third kappa shape index (κ3) is 1.16. The van der Waals surface area contributed by atoms with Crippen LogP contribution in [0.1, 0.15) is 30.4 Å². The topological polar surface area (TPSA) is 0 Å². The summed E-state index contributed by atoms with van der Waals surface area (Å²) in [6.07, 6.45) is 8.58. The Hall–Kier alpha value is -1.82. The van der Waals surface area contributed by atoms with Crippen molar-refractivity contribution >= 4 is 0 Å². The first-order valence-corrected chi connectivity index (χ1v) is 6.79. The molecule has 2 aliphatic rings. The molecule has 0 nitrogen and oxygen atoms in total. The first-order chi connectivity index (χ1) is 8.92. The molecular weight excluding hydrogens is 216 g/mol. The van der Waals surface area contributed by atoms with Crippen molar-refractivity contribution in [2.75, 3.05) is 0 Å². The van der Waals surface area contributed by atoms with Gasteiger partial charge in [-0.2, -0.15) is 0 Å². The van der Waals surface area contributed by atoms with E-state index < -0.39 is 0 Å². The maximum absolute atomic E-state index is 2.45. The quantitative estimate of drug-likeness (QED) is 0.578. The fraction of sp³-hybridized carbons (Fsp3) is 0.222. The van der Waals surface area contributed by atoms with Gasteiger partial charge in [-0.3, -0.25) is 0 Å². The van der Waals surface area contributed by atoms with E-state index in [1.165, 1.54) is 41.5 Å². The van der Waals surface area contributed by atoms with E-state index in [0.717, 1.165) is 0 Å². The van der Waals surface area contributed by atoms with E-state index in [1.54, 1.807) is 0 Å². The normalized spacial score (nSPS) is 18.7. The van der Waals surface area contributed by atoms with Gasteiger partial charge >= 0.3 is 0 Å². The Morgan fingerprint density at radius 1 is 0.778 bits per heavy atom. The van der Waals surface area contributed by atoms with Crippen molar-refractivity contribution in [2.45, 2.75) is 24.7 Å². The summed E-state index contributed by atoms with van der Waals surface area (Å²) in [7, 11) is 0. The van der Waals surface area contributed by atoms with Crippen LogP contribution in [-0.4, -0.2) is 0 Å². The lowest BCUT2D eigenvalue weighted by Gasteiger charge is -2.31. The van der Waals surface area contributed by atoms with Crippen LogP contribution in [-0.2, 0) is 5.41 Å². The van der Waals surface area contributed by atoms with E-state index >= 15 is 0 Å². The van der Waals surface area contributed by atoms with E-state index in [4.69, 9.17) is 0 Å². The molecule has 0 saturated carbocycles. The molecule has 0 aliphatic heterocycles. The van der Waals surface area contributed by atoms with E-state index in [0.29, 0.717) is 0 Å². The molecule has 0 amide bonds. The van der Waals surface area contributed by atoms with Gasteiger partial charge in [-0.1, -0.05) is 60.7 Å². The van der Waals surface area contributed by atoms with Crippen molar-refractivity contribution in [3.8, 4) is 11.1 Å². The molecule has 88 valence electrons. The molecule has 0 atom stereocenters. The Morgan fingerprint density at radius 2 is 1.39 bits per heavy atom. The summed E-state index contributed by atoms with van der Waals surface area (Å²) in [5.74, 6) is 0. The Kier molecular flexibility index (Phi) is 2.02. The van der Waals surface area contributed by atoms with Gasteiger partial charge in [-0.05, 0) is 41.5 Å². The largest absolute Gasteiger partial charge is 0.0873 e. The molecule has 0 N–H and O–H groups in total. The van der Waals surface area contributed by atoms with Gasteiger partial charge < -0.3 is 0 Å². The van der Waals surface area contributed by atoms with Crippen LogP contribution in [0.15, 0.2) is 60.7 Å². The molecular formula is C18H16. The van der Waals surface area contributed by atoms with Crippen LogP contribution < -0.4 is 0 Å². The fourth-order valence-electron chi connectivity index (χ4n) is 3.67. The predicted molar refractivity (Wildman–Crippen MR) is 75.6 cm³/mol. The number of rotatable bonds is 0. The highest BCUT2D eigenvalue weighted by Crippen LogP contribution is 2.53. The molecule has 2 aromatic rings. The van der Waals surface area contributed by atoms with Gasteiger partial charge in [-0.15, -0.1) is 0 Å². The minimum atomic E-state index is 0.158. The lowest BCUT2D eigenvalue weighted by molar-refractivity contribution is 0.541. The third-order valence-corrected chi connectivity index (χ3v) is 4.45. The van der Waals surface area contributed by atoms with Gasteiger partial charge in [0, 0.05) is 5.41 Å². The summed E-state index contributed by atoms with van der Waals surface area (Å²) in [4.78, 5) is 0. The van der Waals surface area contributed by atoms with Crippen LogP contribution in [0.5, 0.6) is 0 Å². The van der Waals surface area contributed by atoms with Crippen LogP contribution >= 0.6 is 0 Å². The van der Waals surface area contributed by atoms with Crippen molar-refractivity contribution in [1.29, 1.82) is 0 Å². The molecule has 0 unspecified atom stereocenters. The average molecular weight is 232 g/mol. The number of benzene rings is 2. The smallest absolute Gasteiger partial charge is 0.0394 e. The van der Waals surface area contributed by atoms with Crippen LogP contribution in [0.3, 0.4) is 0 Å². The van der Waals surface area contributed by atoms with Crippen molar-refractivity contribution < 1.29 is 0 Å². The Morgan fingerprint density at radius 3 is 1.94 bits per heavy atom. The molecule has 1 spiro atoms. The van der Waals surface area contributed by atoms with Crippen LogP contribution in [0, 0.1) is 0 Å². The van der Waals surface area contributed by atoms with Gasteiger partial charge in [0.15, 0.2) is 0 Å². The summed E-state index contributed by atoms with van der Waals surface area (Å²) in [5.41, 5.74) is 6.02. The standard InChI is InChI=1S/C18H16/c1-6-12-18(13-7-1)16-10-4-2-8-14(16)15-9-3-5-11-17(15)18/h2-6,8-12H,1,7,13H2. The van der Waals surface area contributed by atoms with Crippen molar-refractivity contribution in [3.63, 3.8) is 0 Å². The zero-order valence-corrected chi connectivity index (χ0v) is 10.4. The van der Waals surface area contributed by atoms with Gasteiger partial charge in [0.05, 0.1) is 0 Å². The van der Waals surface area contributed by atoms with Gasteiger partial charge in [0.1, 0.15) is 0 Å². The zero-order valence-electron chi connectivity index (χ0n) is 10.4. The monoisotopic (exact) mass is 232 g/mol. The number of hydrogen-bond donors (Lipinski definition) is 0. The van der Waals surface area contributed by atoms with E-state index in [2.05, 4.69) is 60.7 Å². The van der Waals surface area contributed by atoms with E-state index in [1.807, 2.05) is 0 Å². The molecule has 2 aromatic carbocycles. The Bertz CT molecular complexity index is 588. The van der Waals surface area contributed by atoms with Crippen LogP contribution in [0.25, 0.3) is 11.1 Å². The SMILES string of the molecule is C1=CC2(CCC1)c1ccccc1-c1ccccc12. The fourth-order valence-corrected chi connectivity index (χ4v) is 3.67. The molecule has 0 radical (unpaired) electrons. The molecule has 0 aromatic heterocycles. The minimum absolute atomic E-state index is 0.158. The summed E-state index contributed by atoms with van der Waals surface area (Å²) >= 11 is 0. The third-order valence-electron chi connectivity index (χ3n) is 4.45. The highest BCUT2D eigenvalue weighted by atomic mass is 14.4. The first kappa shape index (κ1) is 10.1. The molecule has 0 heterocycles. The van der Waals surface area contributed by atoms with Crippen molar-refractivity contribution in [2.24, 2.45) is 0 Å². The molecule has 0 saturated heterocycles. The van der Waals surface area contributed by atoms with Gasteiger partial charge in [0.2, 0.25) is 0 Å². The summed E-state index contributed by atoms with van der Waals surface area (Å²) in [6, 6.07) is 17.8. The first-order valence-electron chi connectivity index (χ1n) is 6.79. The zero-order chi connectivity index (χ0) is 12.0. The van der Waals surface area contributed by atoms with Gasteiger partial charge in [-0.25, -0.2) is 0 Å². The maximum Gasteiger partial charge on any atom is 0.0394 e. The van der Waals surface area contributed by atoms with E-state index in [9.17, 15) is 0 Å². The van der Waals surface area contributed by atoms with Crippen molar-refractivity contribution in [1.82, 2.24) is 0 Å². The Balaban J connectivity index is 2.09. The molecule has 4 rings (SSSR count). The molecule has 18 heavy (non-hydrogen) atoms. The number of fused-ring (bicyclic) bond motifs is 5. The second kappa shape index (κ2) is 3.58. The van der Waals surface area contributed by atoms with Crippen molar-refractivity contribution in [3.05, 3.63) is 71.8 Å². The Labute approximate surface area is 108 Å². The average Bonchev–Trinajstić information content (AvgIpc) is 2.72. The molecule has 0 fully saturated rings. The second-order valence-corrected chi connectivity index (χ2v) is 5.36. The summed E-state index contributed by atoms with van der Waals surface area (Å²) in [5, 5.41) is 0. The lowest BCUT2D eigenvalue weighted by Crippen LogP contribution is -2.24. The highest BCUT2D eigenvalue weighted by molar-refractivity contribution is 5.82. The minimum Gasteiger partial charge on any atom is -0.0873 e. The molecule has 2 aliphatic carbocycles. The van der Waals surface area contributed by atoms with Gasteiger partial charge in [0.25, 0.3) is 0 Å². The summed E-state index contributed by atoms with van der Waals surface area (Å²) in [6.45, 7) is 0. The highest BCUT2D eigenvalue weighted by Gasteiger charge is 2.41. The maximum atomic E-state index is 2.45. The summed E-state index contributed by atoms with van der Waals surface area (Å²) < 4.78 is 0. The second-order valence-electron chi connectivity index (χ2n) is 5.36. The lowest BCUT2D eigenvalue weighted by atomic mass is 9.72. The number of allylic oxidation sites excluding steroid dienone is 2. The molecule has 0 bridgehead atoms. The van der Waals surface area contributed by atoms with Crippen LogP contribution in [0.4, 0.5) is 0 Å². The van der Waals surface area contributed by atoms with E-state index in [-0.39, 0.29) is 5.41 Å². The molecule has 0 heteroatoms.